The molecule has 0 fully saturated rings. The first-order chi connectivity index (χ1) is 8.19. The van der Waals surface area contributed by atoms with Crippen LogP contribution in [0.4, 0.5) is 0 Å². The van der Waals surface area contributed by atoms with Crippen molar-refractivity contribution in [1.82, 2.24) is 15.5 Å². The van der Waals surface area contributed by atoms with Crippen LogP contribution in [0.25, 0.3) is 10.6 Å². The molecule has 90 valence electrons. The minimum atomic E-state index is 0.696. The van der Waals surface area contributed by atoms with E-state index in [4.69, 9.17) is 11.6 Å². The highest BCUT2D eigenvalue weighted by Crippen LogP contribution is 2.29. The summed E-state index contributed by atoms with van der Waals surface area (Å²) < 4.78 is 0.951. The van der Waals surface area contributed by atoms with E-state index in [1.165, 1.54) is 0 Å². The molecule has 1 aromatic heterocycles. The molecule has 2 rings (SSSR count). The van der Waals surface area contributed by atoms with Crippen molar-refractivity contribution in [3.63, 3.8) is 0 Å². The zero-order valence-corrected chi connectivity index (χ0v) is 12.4. The van der Waals surface area contributed by atoms with E-state index in [0.29, 0.717) is 5.02 Å². The Balaban J connectivity index is 2.24. The second kappa shape index (κ2) is 5.91. The molecular formula is C11H11BrClN3S. The molecule has 0 saturated carbocycles. The van der Waals surface area contributed by atoms with Crippen LogP contribution >= 0.6 is 38.9 Å². The first-order valence-corrected chi connectivity index (χ1v) is 7.11. The van der Waals surface area contributed by atoms with E-state index in [9.17, 15) is 0 Å². The molecule has 0 saturated heterocycles. The van der Waals surface area contributed by atoms with E-state index in [1.807, 2.05) is 25.2 Å². The first kappa shape index (κ1) is 13.0. The highest BCUT2D eigenvalue weighted by molar-refractivity contribution is 9.10. The van der Waals surface area contributed by atoms with Crippen molar-refractivity contribution in [3.05, 3.63) is 32.7 Å². The van der Waals surface area contributed by atoms with Crippen molar-refractivity contribution in [1.29, 1.82) is 0 Å². The molecule has 0 spiro atoms. The van der Waals surface area contributed by atoms with Crippen molar-refractivity contribution in [2.24, 2.45) is 0 Å². The molecule has 3 nitrogen and oxygen atoms in total. The SMILES string of the molecule is CNCCc1nnc(-c2cc(Cl)cc(Br)c2)s1. The Hall–Kier alpha value is -0.490. The molecule has 0 aliphatic carbocycles. The maximum atomic E-state index is 6.01. The number of hydrogen-bond donors (Lipinski definition) is 1. The van der Waals surface area contributed by atoms with Gasteiger partial charge in [0.05, 0.1) is 0 Å². The van der Waals surface area contributed by atoms with Gasteiger partial charge in [-0.25, -0.2) is 0 Å². The normalized spacial score (nSPS) is 10.8. The molecule has 0 radical (unpaired) electrons. The first-order valence-electron chi connectivity index (χ1n) is 5.12. The molecule has 0 unspecified atom stereocenters. The lowest BCUT2D eigenvalue weighted by atomic mass is 10.2. The highest BCUT2D eigenvalue weighted by atomic mass is 79.9. The van der Waals surface area contributed by atoms with Crippen molar-refractivity contribution in [2.75, 3.05) is 13.6 Å². The van der Waals surface area contributed by atoms with Crippen LogP contribution < -0.4 is 5.32 Å². The Morgan fingerprint density at radius 3 is 2.88 bits per heavy atom. The third kappa shape index (κ3) is 3.48. The fraction of sp³-hybridized carbons (Fsp3) is 0.273. The monoisotopic (exact) mass is 331 g/mol. The average Bonchev–Trinajstić information content (AvgIpc) is 2.73. The topological polar surface area (TPSA) is 37.8 Å². The van der Waals surface area contributed by atoms with Gasteiger partial charge in [-0.2, -0.15) is 0 Å². The van der Waals surface area contributed by atoms with Crippen LogP contribution in [0.2, 0.25) is 5.02 Å². The Morgan fingerprint density at radius 1 is 1.35 bits per heavy atom. The van der Waals surface area contributed by atoms with Gasteiger partial charge >= 0.3 is 0 Å². The molecule has 0 aliphatic heterocycles. The smallest absolute Gasteiger partial charge is 0.147 e. The molecule has 1 aromatic carbocycles. The highest BCUT2D eigenvalue weighted by Gasteiger charge is 2.07. The van der Waals surface area contributed by atoms with E-state index in [0.717, 1.165) is 33.0 Å². The molecule has 1 heterocycles. The molecule has 0 atom stereocenters. The number of likely N-dealkylation sites (N-methyl/N-ethyl adjacent to an activating group) is 1. The minimum absolute atomic E-state index is 0.696. The van der Waals surface area contributed by atoms with Crippen molar-refractivity contribution < 1.29 is 0 Å². The van der Waals surface area contributed by atoms with Crippen LogP contribution in [0.3, 0.4) is 0 Å². The van der Waals surface area contributed by atoms with Crippen molar-refractivity contribution in [2.45, 2.75) is 6.42 Å². The zero-order valence-electron chi connectivity index (χ0n) is 9.20. The third-order valence-corrected chi connectivity index (χ3v) is 3.87. The predicted octanol–water partition coefficient (Wildman–Crippen LogP) is 3.38. The minimum Gasteiger partial charge on any atom is -0.319 e. The lowest BCUT2D eigenvalue weighted by Crippen LogP contribution is -2.09. The Labute approximate surface area is 117 Å². The molecule has 6 heteroatoms. The van der Waals surface area contributed by atoms with Gasteiger partial charge in [-0.1, -0.05) is 38.9 Å². The number of halogens is 2. The second-order valence-corrected chi connectivity index (χ2v) is 5.93. The maximum Gasteiger partial charge on any atom is 0.147 e. The van der Waals surface area contributed by atoms with Crippen LogP contribution in [0, 0.1) is 0 Å². The summed E-state index contributed by atoms with van der Waals surface area (Å²) in [6, 6.07) is 5.75. The molecular weight excluding hydrogens is 322 g/mol. The summed E-state index contributed by atoms with van der Waals surface area (Å²) in [4.78, 5) is 0. The lowest BCUT2D eigenvalue weighted by molar-refractivity contribution is 0.779. The second-order valence-electron chi connectivity index (χ2n) is 3.51. The number of aromatic nitrogens is 2. The summed E-state index contributed by atoms with van der Waals surface area (Å²) in [6.07, 6.45) is 0.899. The van der Waals surface area contributed by atoms with E-state index in [-0.39, 0.29) is 0 Å². The average molecular weight is 333 g/mol. The van der Waals surface area contributed by atoms with Gasteiger partial charge in [-0.05, 0) is 25.2 Å². The van der Waals surface area contributed by atoms with Crippen molar-refractivity contribution in [3.8, 4) is 10.6 Å². The Kier molecular flexibility index (Phi) is 4.50. The molecule has 17 heavy (non-hydrogen) atoms. The quantitative estimate of drug-likeness (QED) is 0.932. The van der Waals surface area contributed by atoms with Gasteiger partial charge < -0.3 is 5.32 Å². The molecule has 1 N–H and O–H groups in total. The third-order valence-electron chi connectivity index (χ3n) is 2.17. The molecule has 0 amide bonds. The fourth-order valence-corrected chi connectivity index (χ4v) is 3.07. The van der Waals surface area contributed by atoms with E-state index in [2.05, 4.69) is 31.4 Å². The molecule has 0 bridgehead atoms. The number of nitrogens with one attached hydrogen (secondary N) is 1. The van der Waals surface area contributed by atoms with Gasteiger partial charge in [0.25, 0.3) is 0 Å². The predicted molar refractivity (Wildman–Crippen MR) is 75.7 cm³/mol. The Bertz CT molecular complexity index is 495. The summed E-state index contributed by atoms with van der Waals surface area (Å²) in [5.41, 5.74) is 0.998. The van der Waals surface area contributed by atoms with Gasteiger partial charge in [-0.3, -0.25) is 0 Å². The number of hydrogen-bond acceptors (Lipinski definition) is 4. The summed E-state index contributed by atoms with van der Waals surface area (Å²) in [7, 11) is 1.93. The number of nitrogens with zero attached hydrogens (tertiary/aromatic N) is 2. The largest absolute Gasteiger partial charge is 0.319 e. The lowest BCUT2D eigenvalue weighted by Gasteiger charge is -1.98. The number of rotatable bonds is 4. The molecule has 0 aliphatic rings. The van der Waals surface area contributed by atoms with Crippen LogP contribution in [0.15, 0.2) is 22.7 Å². The standard InChI is InChI=1S/C11H11BrClN3S/c1-14-3-2-10-15-16-11(17-10)7-4-8(12)6-9(13)5-7/h4-6,14H,2-3H2,1H3. The maximum absolute atomic E-state index is 6.01. The summed E-state index contributed by atoms with van der Waals surface area (Å²) in [5.74, 6) is 0. The Morgan fingerprint density at radius 2 is 2.18 bits per heavy atom. The van der Waals surface area contributed by atoms with E-state index >= 15 is 0 Å². The number of benzene rings is 1. The molecule has 2 aromatic rings. The van der Waals surface area contributed by atoms with E-state index < -0.39 is 0 Å². The van der Waals surface area contributed by atoms with Crippen molar-refractivity contribution >= 4 is 38.9 Å². The van der Waals surface area contributed by atoms with Gasteiger partial charge in [0, 0.05) is 28.0 Å². The van der Waals surface area contributed by atoms with Crippen LogP contribution in [-0.2, 0) is 6.42 Å². The summed E-state index contributed by atoms with van der Waals surface area (Å²) in [5, 5.41) is 14.1. The van der Waals surface area contributed by atoms with Gasteiger partial charge in [0.1, 0.15) is 10.0 Å². The van der Waals surface area contributed by atoms with Crippen LogP contribution in [-0.4, -0.2) is 23.8 Å². The van der Waals surface area contributed by atoms with Gasteiger partial charge in [-0.15, -0.1) is 10.2 Å². The summed E-state index contributed by atoms with van der Waals surface area (Å²) >= 11 is 11.0. The summed E-state index contributed by atoms with van der Waals surface area (Å²) in [6.45, 7) is 0.911. The fourth-order valence-electron chi connectivity index (χ4n) is 1.38. The van der Waals surface area contributed by atoms with Crippen LogP contribution in [0.1, 0.15) is 5.01 Å². The zero-order chi connectivity index (χ0) is 12.3. The van der Waals surface area contributed by atoms with E-state index in [1.54, 1.807) is 11.3 Å². The van der Waals surface area contributed by atoms with Gasteiger partial charge in [0.15, 0.2) is 0 Å². The van der Waals surface area contributed by atoms with Crippen LogP contribution in [0.5, 0.6) is 0 Å². The van der Waals surface area contributed by atoms with Gasteiger partial charge in [0.2, 0.25) is 0 Å².